The average molecular weight is 237 g/mol. The number of aryl methyl sites for hydroxylation is 1. The summed E-state index contributed by atoms with van der Waals surface area (Å²) in [6.45, 7) is 1.66. The number of carboxylic acid groups (broad SMARTS) is 1. The predicted molar refractivity (Wildman–Crippen MR) is 59.3 cm³/mol. The lowest BCUT2D eigenvalue weighted by Gasteiger charge is -2.23. The molecule has 2 rings (SSSR count). The van der Waals surface area contributed by atoms with Crippen LogP contribution in [0.4, 0.5) is 10.1 Å². The highest BCUT2D eigenvalue weighted by atomic mass is 19.1. The van der Waals surface area contributed by atoms with Gasteiger partial charge in [-0.1, -0.05) is 0 Å². The summed E-state index contributed by atoms with van der Waals surface area (Å²) >= 11 is 0. The summed E-state index contributed by atoms with van der Waals surface area (Å²) < 4.78 is 13.0. The topological polar surface area (TPSA) is 57.6 Å². The number of carbonyl (C=O) groups excluding carboxylic acids is 1. The molecule has 0 bridgehead atoms. The molecule has 0 aromatic heterocycles. The first-order valence-electron chi connectivity index (χ1n) is 5.31. The zero-order valence-corrected chi connectivity index (χ0v) is 9.31. The fourth-order valence-electron chi connectivity index (χ4n) is 2.11. The summed E-state index contributed by atoms with van der Waals surface area (Å²) in [5, 5.41) is 9.04. The molecule has 1 aliphatic heterocycles. The van der Waals surface area contributed by atoms with Gasteiger partial charge < -0.3 is 5.11 Å². The molecule has 0 aliphatic carbocycles. The molecule has 0 spiro atoms. The second-order valence-corrected chi connectivity index (χ2v) is 4.09. The van der Waals surface area contributed by atoms with Crippen LogP contribution in [0.15, 0.2) is 18.2 Å². The van der Waals surface area contributed by atoms with Gasteiger partial charge in [-0.25, -0.2) is 9.18 Å². The monoisotopic (exact) mass is 237 g/mol. The number of rotatable bonds is 2. The number of benzene rings is 1. The number of aliphatic carboxylic acids is 1. The van der Waals surface area contributed by atoms with Crippen molar-refractivity contribution in [2.75, 3.05) is 4.90 Å². The van der Waals surface area contributed by atoms with E-state index in [1.54, 1.807) is 6.92 Å². The fourth-order valence-corrected chi connectivity index (χ4v) is 2.11. The van der Waals surface area contributed by atoms with Crippen LogP contribution in [-0.2, 0) is 9.59 Å². The number of hydrogen-bond acceptors (Lipinski definition) is 2. The van der Waals surface area contributed by atoms with Gasteiger partial charge in [0.25, 0.3) is 0 Å². The Morgan fingerprint density at radius 2 is 2.24 bits per heavy atom. The molecule has 1 fully saturated rings. The number of carbonyl (C=O) groups is 2. The maximum Gasteiger partial charge on any atom is 0.326 e. The van der Waals surface area contributed by atoms with Crippen LogP contribution in [-0.4, -0.2) is 23.0 Å². The number of halogens is 1. The molecule has 1 aliphatic rings. The minimum absolute atomic E-state index is 0.216. The Bertz CT molecular complexity index is 487. The minimum Gasteiger partial charge on any atom is -0.480 e. The molecule has 1 aromatic rings. The highest BCUT2D eigenvalue weighted by Crippen LogP contribution is 2.29. The normalized spacial score (nSPS) is 19.8. The SMILES string of the molecule is Cc1cc(F)ccc1N1C(=O)CC[C@H]1C(=O)O. The van der Waals surface area contributed by atoms with Crippen molar-refractivity contribution < 1.29 is 19.1 Å². The van der Waals surface area contributed by atoms with E-state index >= 15 is 0 Å². The highest BCUT2D eigenvalue weighted by molar-refractivity contribution is 6.02. The van der Waals surface area contributed by atoms with Crippen molar-refractivity contribution in [1.82, 2.24) is 0 Å². The molecule has 1 atom stereocenters. The van der Waals surface area contributed by atoms with Crippen LogP contribution in [0.2, 0.25) is 0 Å². The number of hydrogen-bond donors (Lipinski definition) is 1. The van der Waals surface area contributed by atoms with E-state index in [0.29, 0.717) is 17.7 Å². The lowest BCUT2D eigenvalue weighted by molar-refractivity contribution is -0.138. The Hall–Kier alpha value is -1.91. The van der Waals surface area contributed by atoms with Crippen LogP contribution in [0, 0.1) is 12.7 Å². The Kier molecular flexibility index (Phi) is 2.83. The molecule has 1 aromatic carbocycles. The molecule has 1 amide bonds. The van der Waals surface area contributed by atoms with Gasteiger partial charge in [-0.2, -0.15) is 0 Å². The third-order valence-corrected chi connectivity index (χ3v) is 2.92. The van der Waals surface area contributed by atoms with Gasteiger partial charge in [-0.05, 0) is 37.1 Å². The lowest BCUT2D eigenvalue weighted by Crippen LogP contribution is -2.39. The molecule has 0 unspecified atom stereocenters. The standard InChI is InChI=1S/C12H12FNO3/c1-7-6-8(13)2-3-9(7)14-10(12(16)17)4-5-11(14)15/h2-3,6,10H,4-5H2,1H3,(H,16,17)/t10-/m0/s1. The third kappa shape index (κ3) is 2.00. The Morgan fingerprint density at radius 1 is 1.53 bits per heavy atom. The van der Waals surface area contributed by atoms with Crippen molar-refractivity contribution in [2.45, 2.75) is 25.8 Å². The maximum atomic E-state index is 13.0. The molecule has 5 heteroatoms. The quantitative estimate of drug-likeness (QED) is 0.851. The zero-order chi connectivity index (χ0) is 12.6. The van der Waals surface area contributed by atoms with E-state index < -0.39 is 17.8 Å². The molecule has 0 radical (unpaired) electrons. The molecule has 90 valence electrons. The summed E-state index contributed by atoms with van der Waals surface area (Å²) in [6.07, 6.45) is 0.513. The van der Waals surface area contributed by atoms with Crippen molar-refractivity contribution >= 4 is 17.6 Å². The van der Waals surface area contributed by atoms with Gasteiger partial charge in [0.05, 0.1) is 0 Å². The van der Waals surface area contributed by atoms with E-state index in [2.05, 4.69) is 0 Å². The molecular weight excluding hydrogens is 225 g/mol. The van der Waals surface area contributed by atoms with Gasteiger partial charge in [0, 0.05) is 12.1 Å². The van der Waals surface area contributed by atoms with Gasteiger partial charge in [-0.3, -0.25) is 9.69 Å². The maximum absolute atomic E-state index is 13.0. The van der Waals surface area contributed by atoms with Crippen molar-refractivity contribution in [1.29, 1.82) is 0 Å². The zero-order valence-electron chi connectivity index (χ0n) is 9.31. The van der Waals surface area contributed by atoms with E-state index in [1.165, 1.54) is 23.1 Å². The predicted octanol–water partition coefficient (Wildman–Crippen LogP) is 1.71. The van der Waals surface area contributed by atoms with Crippen LogP contribution >= 0.6 is 0 Å². The van der Waals surface area contributed by atoms with Gasteiger partial charge in [-0.15, -0.1) is 0 Å². The molecular formula is C12H12FNO3. The minimum atomic E-state index is -1.03. The van der Waals surface area contributed by atoms with Crippen LogP contribution in [0.25, 0.3) is 0 Å². The molecule has 0 saturated carbocycles. The van der Waals surface area contributed by atoms with Crippen LogP contribution < -0.4 is 4.90 Å². The molecule has 17 heavy (non-hydrogen) atoms. The molecule has 1 N–H and O–H groups in total. The Labute approximate surface area is 97.7 Å². The van der Waals surface area contributed by atoms with Gasteiger partial charge >= 0.3 is 5.97 Å². The smallest absolute Gasteiger partial charge is 0.326 e. The number of carboxylic acids is 1. The van der Waals surface area contributed by atoms with Gasteiger partial charge in [0.1, 0.15) is 11.9 Å². The van der Waals surface area contributed by atoms with Crippen molar-refractivity contribution in [3.63, 3.8) is 0 Å². The van der Waals surface area contributed by atoms with E-state index in [4.69, 9.17) is 5.11 Å². The Morgan fingerprint density at radius 3 is 2.82 bits per heavy atom. The first-order chi connectivity index (χ1) is 8.00. The highest BCUT2D eigenvalue weighted by Gasteiger charge is 2.37. The van der Waals surface area contributed by atoms with Crippen LogP contribution in [0.3, 0.4) is 0 Å². The summed E-state index contributed by atoms with van der Waals surface area (Å²) in [5.41, 5.74) is 1.04. The number of anilines is 1. The van der Waals surface area contributed by atoms with E-state index in [0.717, 1.165) is 0 Å². The van der Waals surface area contributed by atoms with Gasteiger partial charge in [0.2, 0.25) is 5.91 Å². The second-order valence-electron chi connectivity index (χ2n) is 4.09. The molecule has 1 saturated heterocycles. The summed E-state index contributed by atoms with van der Waals surface area (Å²) in [5.74, 6) is -1.66. The first-order valence-corrected chi connectivity index (χ1v) is 5.31. The van der Waals surface area contributed by atoms with E-state index in [1.807, 2.05) is 0 Å². The summed E-state index contributed by atoms with van der Waals surface area (Å²) in [6, 6.07) is 3.13. The van der Waals surface area contributed by atoms with Crippen LogP contribution in [0.1, 0.15) is 18.4 Å². The third-order valence-electron chi connectivity index (χ3n) is 2.92. The first kappa shape index (κ1) is 11.6. The van der Waals surface area contributed by atoms with Gasteiger partial charge in [0.15, 0.2) is 0 Å². The fraction of sp³-hybridized carbons (Fsp3) is 0.333. The van der Waals surface area contributed by atoms with Crippen LogP contribution in [0.5, 0.6) is 0 Å². The number of nitrogens with zero attached hydrogens (tertiary/aromatic N) is 1. The van der Waals surface area contributed by atoms with Crippen molar-refractivity contribution in [2.24, 2.45) is 0 Å². The second kappa shape index (κ2) is 4.16. The number of amides is 1. The van der Waals surface area contributed by atoms with E-state index in [9.17, 15) is 14.0 Å². The van der Waals surface area contributed by atoms with E-state index in [-0.39, 0.29) is 12.3 Å². The lowest BCUT2D eigenvalue weighted by atomic mass is 10.1. The summed E-state index contributed by atoms with van der Waals surface area (Å²) in [7, 11) is 0. The van der Waals surface area contributed by atoms with Crippen molar-refractivity contribution in [3.05, 3.63) is 29.6 Å². The Balaban J connectivity index is 2.43. The summed E-state index contributed by atoms with van der Waals surface area (Å²) in [4.78, 5) is 24.0. The average Bonchev–Trinajstić information content (AvgIpc) is 2.60. The molecule has 1 heterocycles. The van der Waals surface area contributed by atoms with Crippen molar-refractivity contribution in [3.8, 4) is 0 Å². The molecule has 4 nitrogen and oxygen atoms in total. The largest absolute Gasteiger partial charge is 0.480 e.